The van der Waals surface area contributed by atoms with E-state index < -0.39 is 0 Å². The number of carbonyl (C=O) groups is 2. The fourth-order valence-corrected chi connectivity index (χ4v) is 1.23. The van der Waals surface area contributed by atoms with E-state index >= 15 is 0 Å². The van der Waals surface area contributed by atoms with Crippen LogP contribution in [0.2, 0.25) is 0 Å². The van der Waals surface area contributed by atoms with Gasteiger partial charge in [-0.05, 0) is 19.4 Å². The number of carbonyl (C=O) groups excluding carboxylic acids is 2. The number of amides is 1. The lowest BCUT2D eigenvalue weighted by atomic mass is 10.2. The molecule has 0 bridgehead atoms. The van der Waals surface area contributed by atoms with Crippen molar-refractivity contribution in [1.29, 1.82) is 0 Å². The van der Waals surface area contributed by atoms with Crippen LogP contribution in [0.1, 0.15) is 30.6 Å². The van der Waals surface area contributed by atoms with Crippen molar-refractivity contribution in [3.8, 4) is 0 Å². The summed E-state index contributed by atoms with van der Waals surface area (Å²) in [7, 11) is 0. The molecule has 0 aliphatic rings. The van der Waals surface area contributed by atoms with Gasteiger partial charge in [-0.3, -0.25) is 9.59 Å². The summed E-state index contributed by atoms with van der Waals surface area (Å²) in [4.78, 5) is 22.3. The van der Waals surface area contributed by atoms with E-state index in [9.17, 15) is 9.59 Å². The minimum atomic E-state index is -0.0254. The van der Waals surface area contributed by atoms with Gasteiger partial charge in [-0.2, -0.15) is 0 Å². The molecule has 0 saturated heterocycles. The van der Waals surface area contributed by atoms with Crippen molar-refractivity contribution in [3.63, 3.8) is 0 Å². The Morgan fingerprint density at radius 3 is 2.73 bits per heavy atom. The summed E-state index contributed by atoms with van der Waals surface area (Å²) >= 11 is 0. The van der Waals surface area contributed by atoms with Crippen molar-refractivity contribution in [3.05, 3.63) is 24.0 Å². The molecule has 0 atom stereocenters. The first-order chi connectivity index (χ1) is 7.13. The quantitative estimate of drug-likeness (QED) is 0.739. The highest BCUT2D eigenvalue weighted by Crippen LogP contribution is 2.01. The molecular formula is C11H16N2O2. The van der Waals surface area contributed by atoms with Gasteiger partial charge in [0, 0.05) is 24.5 Å². The zero-order valence-corrected chi connectivity index (χ0v) is 9.12. The summed E-state index contributed by atoms with van der Waals surface area (Å²) in [6.45, 7) is 4.48. The number of Topliss-reactive ketones (excluding diaryl/α,β-unsaturated/α-hetero) is 1. The van der Waals surface area contributed by atoms with Crippen molar-refractivity contribution in [1.82, 2.24) is 9.88 Å². The molecule has 1 aromatic heterocycles. The molecule has 0 fully saturated rings. The first-order valence-electron chi connectivity index (χ1n) is 5.07. The van der Waals surface area contributed by atoms with Gasteiger partial charge in [0.2, 0.25) is 5.91 Å². The van der Waals surface area contributed by atoms with Gasteiger partial charge in [0.1, 0.15) is 6.54 Å². The predicted molar refractivity (Wildman–Crippen MR) is 57.7 cm³/mol. The minimum Gasteiger partial charge on any atom is -0.355 e. The van der Waals surface area contributed by atoms with Gasteiger partial charge in [-0.25, -0.2) is 0 Å². The van der Waals surface area contributed by atoms with Crippen molar-refractivity contribution >= 4 is 11.7 Å². The van der Waals surface area contributed by atoms with Crippen molar-refractivity contribution in [2.45, 2.75) is 26.8 Å². The van der Waals surface area contributed by atoms with Crippen LogP contribution >= 0.6 is 0 Å². The van der Waals surface area contributed by atoms with Crippen molar-refractivity contribution in [2.75, 3.05) is 6.54 Å². The number of aromatic nitrogens is 1. The van der Waals surface area contributed by atoms with Crippen LogP contribution in [0.25, 0.3) is 0 Å². The molecule has 1 aromatic rings. The average molecular weight is 208 g/mol. The molecule has 1 amide bonds. The van der Waals surface area contributed by atoms with Crippen molar-refractivity contribution < 1.29 is 9.59 Å². The van der Waals surface area contributed by atoms with Crippen molar-refractivity contribution in [2.24, 2.45) is 0 Å². The topological polar surface area (TPSA) is 51.1 Å². The normalized spacial score (nSPS) is 10.0. The van der Waals surface area contributed by atoms with Crippen LogP contribution < -0.4 is 5.32 Å². The van der Waals surface area contributed by atoms with Gasteiger partial charge in [0.15, 0.2) is 5.78 Å². The van der Waals surface area contributed by atoms with E-state index in [1.807, 2.05) is 6.92 Å². The maximum Gasteiger partial charge on any atom is 0.239 e. The lowest BCUT2D eigenvalue weighted by Gasteiger charge is -2.03. The summed E-state index contributed by atoms with van der Waals surface area (Å²) < 4.78 is 1.71. The van der Waals surface area contributed by atoms with Crippen LogP contribution in [0.4, 0.5) is 0 Å². The van der Waals surface area contributed by atoms with Gasteiger partial charge in [-0.15, -0.1) is 0 Å². The van der Waals surface area contributed by atoms with Gasteiger partial charge < -0.3 is 9.88 Å². The van der Waals surface area contributed by atoms with E-state index in [1.54, 1.807) is 23.0 Å². The SMILES string of the molecule is CCCNC(=O)Cn1ccc(C(C)=O)c1. The Morgan fingerprint density at radius 1 is 1.47 bits per heavy atom. The number of hydrogen-bond acceptors (Lipinski definition) is 2. The Labute approximate surface area is 89.3 Å². The van der Waals surface area contributed by atoms with Crippen LogP contribution in [0.5, 0.6) is 0 Å². The Morgan fingerprint density at radius 2 is 2.20 bits per heavy atom. The number of nitrogens with zero attached hydrogens (tertiary/aromatic N) is 1. The molecule has 0 aliphatic heterocycles. The largest absolute Gasteiger partial charge is 0.355 e. The van der Waals surface area contributed by atoms with Crippen LogP contribution in [-0.2, 0) is 11.3 Å². The van der Waals surface area contributed by atoms with Crippen LogP contribution in [0, 0.1) is 0 Å². The molecule has 0 saturated carbocycles. The smallest absolute Gasteiger partial charge is 0.239 e. The third-order valence-electron chi connectivity index (χ3n) is 2.06. The molecule has 0 unspecified atom stereocenters. The molecule has 4 heteroatoms. The van der Waals surface area contributed by atoms with Crippen LogP contribution in [0.3, 0.4) is 0 Å². The number of hydrogen-bond donors (Lipinski definition) is 1. The first-order valence-corrected chi connectivity index (χ1v) is 5.07. The highest BCUT2D eigenvalue weighted by atomic mass is 16.2. The molecule has 1 rings (SSSR count). The Bertz CT molecular complexity index is 355. The van der Waals surface area contributed by atoms with Gasteiger partial charge >= 0.3 is 0 Å². The molecule has 1 heterocycles. The number of rotatable bonds is 5. The summed E-state index contributed by atoms with van der Waals surface area (Å²) in [5, 5.41) is 2.77. The fraction of sp³-hybridized carbons (Fsp3) is 0.455. The molecule has 0 spiro atoms. The Hall–Kier alpha value is -1.58. The van der Waals surface area contributed by atoms with Gasteiger partial charge in [-0.1, -0.05) is 6.92 Å². The van der Waals surface area contributed by atoms with Crippen LogP contribution in [0.15, 0.2) is 18.5 Å². The molecular weight excluding hydrogens is 192 g/mol. The summed E-state index contributed by atoms with van der Waals surface area (Å²) in [5.74, 6) is -0.00901. The van der Waals surface area contributed by atoms with Gasteiger partial charge in [0.25, 0.3) is 0 Å². The van der Waals surface area contributed by atoms with E-state index in [-0.39, 0.29) is 18.2 Å². The zero-order chi connectivity index (χ0) is 11.3. The van der Waals surface area contributed by atoms with E-state index in [1.165, 1.54) is 6.92 Å². The van der Waals surface area contributed by atoms with E-state index in [0.717, 1.165) is 6.42 Å². The molecule has 0 aliphatic carbocycles. The molecule has 15 heavy (non-hydrogen) atoms. The highest BCUT2D eigenvalue weighted by Gasteiger charge is 2.04. The number of ketones is 1. The molecule has 82 valence electrons. The second kappa shape index (κ2) is 5.34. The summed E-state index contributed by atoms with van der Waals surface area (Å²) in [5.41, 5.74) is 0.637. The zero-order valence-electron chi connectivity index (χ0n) is 9.12. The lowest BCUT2D eigenvalue weighted by molar-refractivity contribution is -0.121. The monoisotopic (exact) mass is 208 g/mol. The molecule has 4 nitrogen and oxygen atoms in total. The molecule has 0 radical (unpaired) electrons. The lowest BCUT2D eigenvalue weighted by Crippen LogP contribution is -2.27. The summed E-state index contributed by atoms with van der Waals surface area (Å²) in [6.07, 6.45) is 4.35. The van der Waals surface area contributed by atoms with E-state index in [4.69, 9.17) is 0 Å². The first kappa shape index (κ1) is 11.5. The maximum absolute atomic E-state index is 11.3. The Balaban J connectivity index is 2.50. The standard InChI is InChI=1S/C11H16N2O2/c1-3-5-12-11(15)8-13-6-4-10(7-13)9(2)14/h4,6-7H,3,5,8H2,1-2H3,(H,12,15). The second-order valence-electron chi connectivity index (χ2n) is 3.48. The fourth-order valence-electron chi connectivity index (χ4n) is 1.23. The third kappa shape index (κ3) is 3.58. The molecule has 0 aromatic carbocycles. The number of nitrogens with one attached hydrogen (secondary N) is 1. The average Bonchev–Trinajstić information content (AvgIpc) is 2.63. The summed E-state index contributed by atoms with van der Waals surface area (Å²) in [6, 6.07) is 1.72. The molecule has 1 N–H and O–H groups in total. The predicted octanol–water partition coefficient (Wildman–Crippen LogP) is 1.22. The Kier molecular flexibility index (Phi) is 4.09. The van der Waals surface area contributed by atoms with Crippen LogP contribution in [-0.4, -0.2) is 22.8 Å². The van der Waals surface area contributed by atoms with E-state index in [2.05, 4.69) is 5.32 Å². The second-order valence-corrected chi connectivity index (χ2v) is 3.48. The van der Waals surface area contributed by atoms with Gasteiger partial charge in [0.05, 0.1) is 0 Å². The maximum atomic E-state index is 11.3. The van der Waals surface area contributed by atoms with E-state index in [0.29, 0.717) is 12.1 Å². The highest BCUT2D eigenvalue weighted by molar-refractivity contribution is 5.93. The minimum absolute atomic E-state index is 0.0164. The third-order valence-corrected chi connectivity index (χ3v) is 2.06.